The summed E-state index contributed by atoms with van der Waals surface area (Å²) >= 11 is 0. The molecule has 1 N–H and O–H groups in total. The van der Waals surface area contributed by atoms with Crippen molar-refractivity contribution in [2.75, 3.05) is 38.6 Å². The second kappa shape index (κ2) is 9.08. The van der Waals surface area contributed by atoms with Gasteiger partial charge in [-0.3, -0.25) is 14.2 Å². The molecule has 0 unspecified atom stereocenters. The molecule has 0 amide bonds. The minimum Gasteiger partial charge on any atom is -0.378 e. The fraction of sp³-hybridized carbons (Fsp3) is 0.375. The molecule has 1 aliphatic rings. The van der Waals surface area contributed by atoms with E-state index in [4.69, 9.17) is 0 Å². The number of piperidine rings is 1. The SMILES string of the molecule is CN(C)c1ccc2c(=O)n(CCN3CCC(C(=O)c4ccc(F)cc4)CC3)c(=O)[nH]c2c1. The third-order valence-electron chi connectivity index (χ3n) is 6.21. The van der Waals surface area contributed by atoms with Crippen LogP contribution < -0.4 is 16.1 Å². The van der Waals surface area contributed by atoms with E-state index in [9.17, 15) is 18.8 Å². The van der Waals surface area contributed by atoms with Gasteiger partial charge in [0.25, 0.3) is 5.56 Å². The van der Waals surface area contributed by atoms with Crippen LogP contribution in [0.2, 0.25) is 0 Å². The number of rotatable bonds is 6. The van der Waals surface area contributed by atoms with E-state index in [1.807, 2.05) is 25.1 Å². The van der Waals surface area contributed by atoms with Crippen molar-refractivity contribution in [3.05, 3.63) is 74.7 Å². The van der Waals surface area contributed by atoms with Gasteiger partial charge in [0.15, 0.2) is 5.78 Å². The number of anilines is 1. The first-order valence-corrected chi connectivity index (χ1v) is 10.8. The number of ketones is 1. The van der Waals surface area contributed by atoms with Crippen LogP contribution >= 0.6 is 0 Å². The van der Waals surface area contributed by atoms with Gasteiger partial charge in [0.1, 0.15) is 5.82 Å². The Morgan fingerprint density at radius 3 is 2.41 bits per heavy atom. The van der Waals surface area contributed by atoms with Crippen molar-refractivity contribution in [3.63, 3.8) is 0 Å². The van der Waals surface area contributed by atoms with E-state index in [0.29, 0.717) is 48.9 Å². The molecule has 168 valence electrons. The Morgan fingerprint density at radius 1 is 1.06 bits per heavy atom. The molecule has 32 heavy (non-hydrogen) atoms. The van der Waals surface area contributed by atoms with Crippen LogP contribution in [0, 0.1) is 11.7 Å². The number of hydrogen-bond donors (Lipinski definition) is 1. The second-order valence-corrected chi connectivity index (χ2v) is 8.50. The maximum atomic E-state index is 13.1. The lowest BCUT2D eigenvalue weighted by atomic mass is 9.89. The molecule has 2 aromatic carbocycles. The number of carbonyl (C=O) groups excluding carboxylic acids is 1. The third kappa shape index (κ3) is 4.50. The standard InChI is InChI=1S/C24H27FN4O3/c1-27(2)19-7-8-20-21(15-19)26-24(32)29(23(20)31)14-13-28-11-9-17(10-12-28)22(30)16-3-5-18(25)6-4-16/h3-8,15,17H,9-14H2,1-2H3,(H,26,32). The van der Waals surface area contributed by atoms with Crippen LogP contribution in [-0.4, -0.2) is 54.0 Å². The maximum absolute atomic E-state index is 13.1. The largest absolute Gasteiger partial charge is 0.378 e. The van der Waals surface area contributed by atoms with Gasteiger partial charge in [0.05, 0.1) is 10.9 Å². The number of fused-ring (bicyclic) bond motifs is 1. The van der Waals surface area contributed by atoms with Crippen molar-refractivity contribution in [1.82, 2.24) is 14.5 Å². The number of likely N-dealkylation sites (tertiary alicyclic amines) is 1. The summed E-state index contributed by atoms with van der Waals surface area (Å²) in [6, 6.07) is 11.1. The number of halogens is 1. The zero-order valence-electron chi connectivity index (χ0n) is 18.3. The zero-order chi connectivity index (χ0) is 22.8. The third-order valence-corrected chi connectivity index (χ3v) is 6.21. The summed E-state index contributed by atoms with van der Waals surface area (Å²) in [6.45, 7) is 2.27. The lowest BCUT2D eigenvalue weighted by Crippen LogP contribution is -2.42. The van der Waals surface area contributed by atoms with Crippen LogP contribution in [0.25, 0.3) is 10.9 Å². The molecule has 1 saturated heterocycles. The number of aromatic nitrogens is 2. The maximum Gasteiger partial charge on any atom is 0.328 e. The predicted molar refractivity (Wildman–Crippen MR) is 123 cm³/mol. The Bertz CT molecular complexity index is 1240. The van der Waals surface area contributed by atoms with Crippen molar-refractivity contribution in [2.45, 2.75) is 19.4 Å². The van der Waals surface area contributed by atoms with Crippen molar-refractivity contribution in [1.29, 1.82) is 0 Å². The van der Waals surface area contributed by atoms with Gasteiger partial charge in [-0.2, -0.15) is 0 Å². The minimum atomic E-state index is -0.417. The molecule has 2 heterocycles. The van der Waals surface area contributed by atoms with E-state index in [-0.39, 0.29) is 29.6 Å². The van der Waals surface area contributed by atoms with Crippen molar-refractivity contribution in [3.8, 4) is 0 Å². The smallest absolute Gasteiger partial charge is 0.328 e. The monoisotopic (exact) mass is 438 g/mol. The van der Waals surface area contributed by atoms with E-state index in [2.05, 4.69) is 9.88 Å². The van der Waals surface area contributed by atoms with Gasteiger partial charge in [-0.1, -0.05) is 0 Å². The van der Waals surface area contributed by atoms with E-state index >= 15 is 0 Å². The first-order valence-electron chi connectivity index (χ1n) is 10.8. The van der Waals surface area contributed by atoms with Crippen LogP contribution in [0.4, 0.5) is 10.1 Å². The predicted octanol–water partition coefficient (Wildman–Crippen LogP) is 2.49. The van der Waals surface area contributed by atoms with Gasteiger partial charge in [-0.15, -0.1) is 0 Å². The number of nitrogens with zero attached hydrogens (tertiary/aromatic N) is 3. The molecular weight excluding hydrogens is 411 g/mol. The quantitative estimate of drug-likeness (QED) is 0.599. The van der Waals surface area contributed by atoms with Gasteiger partial charge in [-0.05, 0) is 68.4 Å². The molecule has 8 heteroatoms. The van der Waals surface area contributed by atoms with E-state index in [1.165, 1.54) is 28.8 Å². The fourth-order valence-corrected chi connectivity index (χ4v) is 4.23. The molecular formula is C24H27FN4O3. The molecule has 0 aliphatic carbocycles. The Balaban J connectivity index is 1.40. The zero-order valence-corrected chi connectivity index (χ0v) is 18.3. The molecule has 1 aliphatic heterocycles. The van der Waals surface area contributed by atoms with Gasteiger partial charge >= 0.3 is 5.69 Å². The van der Waals surface area contributed by atoms with Crippen molar-refractivity contribution >= 4 is 22.4 Å². The van der Waals surface area contributed by atoms with E-state index < -0.39 is 5.69 Å². The number of Topliss-reactive ketones (excluding diaryl/α,β-unsaturated/α-hetero) is 1. The lowest BCUT2D eigenvalue weighted by Gasteiger charge is -2.31. The van der Waals surface area contributed by atoms with Crippen LogP contribution in [-0.2, 0) is 6.54 Å². The minimum absolute atomic E-state index is 0.0453. The number of benzene rings is 2. The number of H-pyrrole nitrogens is 1. The van der Waals surface area contributed by atoms with E-state index in [0.717, 1.165) is 5.69 Å². The Hall–Kier alpha value is -3.26. The van der Waals surface area contributed by atoms with Crippen LogP contribution in [0.1, 0.15) is 23.2 Å². The summed E-state index contributed by atoms with van der Waals surface area (Å²) in [5, 5.41) is 0.485. The number of carbonyl (C=O) groups is 1. The summed E-state index contributed by atoms with van der Waals surface area (Å²) in [5.74, 6) is -0.397. The molecule has 0 radical (unpaired) electrons. The highest BCUT2D eigenvalue weighted by atomic mass is 19.1. The first-order chi connectivity index (χ1) is 15.3. The summed E-state index contributed by atoms with van der Waals surface area (Å²) in [6.07, 6.45) is 1.40. The highest BCUT2D eigenvalue weighted by Crippen LogP contribution is 2.22. The number of hydrogen-bond acceptors (Lipinski definition) is 5. The summed E-state index contributed by atoms with van der Waals surface area (Å²) in [5.41, 5.74) is 1.26. The Morgan fingerprint density at radius 2 is 1.75 bits per heavy atom. The van der Waals surface area contributed by atoms with Crippen LogP contribution in [0.15, 0.2) is 52.1 Å². The summed E-state index contributed by atoms with van der Waals surface area (Å²) < 4.78 is 14.3. The average Bonchev–Trinajstić information content (AvgIpc) is 2.79. The molecule has 3 aromatic rings. The fourth-order valence-electron chi connectivity index (χ4n) is 4.23. The normalized spacial score (nSPS) is 15.2. The molecule has 0 atom stereocenters. The Labute approximate surface area is 185 Å². The van der Waals surface area contributed by atoms with Gasteiger partial charge in [0, 0.05) is 44.4 Å². The Kier molecular flexibility index (Phi) is 6.23. The molecule has 0 bridgehead atoms. The number of aromatic amines is 1. The summed E-state index contributed by atoms with van der Waals surface area (Å²) in [4.78, 5) is 44.9. The second-order valence-electron chi connectivity index (χ2n) is 8.50. The van der Waals surface area contributed by atoms with E-state index in [1.54, 1.807) is 12.1 Å². The molecule has 0 spiro atoms. The molecule has 1 fully saturated rings. The first kappa shape index (κ1) is 22.0. The highest BCUT2D eigenvalue weighted by Gasteiger charge is 2.26. The molecule has 7 nitrogen and oxygen atoms in total. The molecule has 0 saturated carbocycles. The molecule has 1 aromatic heterocycles. The van der Waals surface area contributed by atoms with Crippen molar-refractivity contribution < 1.29 is 9.18 Å². The van der Waals surface area contributed by atoms with Crippen LogP contribution in [0.3, 0.4) is 0 Å². The van der Waals surface area contributed by atoms with Crippen molar-refractivity contribution in [2.24, 2.45) is 5.92 Å². The number of nitrogens with one attached hydrogen (secondary N) is 1. The highest BCUT2D eigenvalue weighted by molar-refractivity contribution is 5.97. The van der Waals surface area contributed by atoms with Gasteiger partial charge in [0.2, 0.25) is 0 Å². The lowest BCUT2D eigenvalue weighted by molar-refractivity contribution is 0.0837. The molecule has 4 rings (SSSR count). The summed E-state index contributed by atoms with van der Waals surface area (Å²) in [7, 11) is 3.80. The van der Waals surface area contributed by atoms with Gasteiger partial charge < -0.3 is 14.8 Å². The average molecular weight is 439 g/mol. The topological polar surface area (TPSA) is 78.4 Å². The van der Waals surface area contributed by atoms with Gasteiger partial charge in [-0.25, -0.2) is 9.18 Å². The van der Waals surface area contributed by atoms with Crippen LogP contribution in [0.5, 0.6) is 0 Å².